The van der Waals surface area contributed by atoms with E-state index in [4.69, 9.17) is 8.83 Å². The van der Waals surface area contributed by atoms with Crippen LogP contribution in [0.2, 0.25) is 0 Å². The van der Waals surface area contributed by atoms with Gasteiger partial charge in [0, 0.05) is 10.9 Å². The predicted molar refractivity (Wildman–Crippen MR) is 84.5 cm³/mol. The summed E-state index contributed by atoms with van der Waals surface area (Å²) in [6.45, 7) is 7.18. The topological polar surface area (TPSA) is 38.3 Å². The zero-order valence-electron chi connectivity index (χ0n) is 12.8. The second kappa shape index (κ2) is 5.78. The van der Waals surface area contributed by atoms with Crippen LogP contribution in [0.4, 0.5) is 0 Å². The number of aryl methyl sites for hydroxylation is 2. The van der Waals surface area contributed by atoms with Crippen LogP contribution in [0.3, 0.4) is 0 Å². The van der Waals surface area contributed by atoms with Crippen molar-refractivity contribution in [2.24, 2.45) is 0 Å². The Morgan fingerprint density at radius 1 is 1.14 bits per heavy atom. The number of furan rings is 2. The van der Waals surface area contributed by atoms with Crippen molar-refractivity contribution < 1.29 is 8.83 Å². The molecule has 3 aromatic rings. The second-order valence-electron chi connectivity index (χ2n) is 5.51. The number of benzene rings is 1. The van der Waals surface area contributed by atoms with Gasteiger partial charge in [0.05, 0.1) is 12.3 Å². The highest BCUT2D eigenvalue weighted by Crippen LogP contribution is 2.30. The summed E-state index contributed by atoms with van der Waals surface area (Å²) in [5, 5.41) is 4.70. The Bertz CT molecular complexity index is 739. The summed E-state index contributed by atoms with van der Waals surface area (Å²) >= 11 is 0. The summed E-state index contributed by atoms with van der Waals surface area (Å²) in [5.41, 5.74) is 3.31. The van der Waals surface area contributed by atoms with Gasteiger partial charge in [-0.05, 0) is 51.1 Å². The monoisotopic (exact) mass is 283 g/mol. The molecular weight excluding hydrogens is 262 g/mol. The minimum Gasteiger partial charge on any atom is -0.469 e. The van der Waals surface area contributed by atoms with E-state index < -0.39 is 0 Å². The van der Waals surface area contributed by atoms with Gasteiger partial charge in [-0.15, -0.1) is 0 Å². The first-order valence-corrected chi connectivity index (χ1v) is 7.46. The van der Waals surface area contributed by atoms with E-state index in [1.54, 1.807) is 6.26 Å². The maximum Gasteiger partial charge on any atom is 0.134 e. The average molecular weight is 283 g/mol. The van der Waals surface area contributed by atoms with Crippen LogP contribution in [-0.4, -0.2) is 6.54 Å². The molecule has 2 aromatic heterocycles. The molecule has 1 aromatic carbocycles. The van der Waals surface area contributed by atoms with E-state index in [1.165, 1.54) is 5.56 Å². The molecule has 1 N–H and O–H groups in total. The number of hydrogen-bond acceptors (Lipinski definition) is 3. The molecular formula is C18H21NO2. The SMILES string of the molecule is CCCNC(c1cc2cc(C)ccc2o1)c1ccoc1C. The van der Waals surface area contributed by atoms with Crippen molar-refractivity contribution in [2.45, 2.75) is 33.2 Å². The minimum absolute atomic E-state index is 0.0383. The van der Waals surface area contributed by atoms with Gasteiger partial charge in [0.1, 0.15) is 17.1 Å². The van der Waals surface area contributed by atoms with Crippen molar-refractivity contribution in [3.8, 4) is 0 Å². The maximum atomic E-state index is 6.06. The summed E-state index contributed by atoms with van der Waals surface area (Å²) in [6.07, 6.45) is 2.81. The highest BCUT2D eigenvalue weighted by molar-refractivity contribution is 5.79. The molecule has 0 saturated heterocycles. The molecule has 1 atom stereocenters. The Balaban J connectivity index is 2.03. The van der Waals surface area contributed by atoms with Crippen LogP contribution in [0.1, 0.15) is 42.0 Å². The number of fused-ring (bicyclic) bond motifs is 1. The first-order chi connectivity index (χ1) is 10.2. The van der Waals surface area contributed by atoms with Gasteiger partial charge < -0.3 is 14.2 Å². The lowest BCUT2D eigenvalue weighted by Crippen LogP contribution is -2.22. The van der Waals surface area contributed by atoms with Gasteiger partial charge in [-0.1, -0.05) is 18.6 Å². The fraction of sp³-hybridized carbons (Fsp3) is 0.333. The third kappa shape index (κ3) is 2.74. The van der Waals surface area contributed by atoms with Crippen molar-refractivity contribution in [1.82, 2.24) is 5.32 Å². The molecule has 3 heteroatoms. The molecule has 0 bridgehead atoms. The zero-order valence-corrected chi connectivity index (χ0v) is 12.8. The maximum absolute atomic E-state index is 6.06. The Morgan fingerprint density at radius 3 is 2.71 bits per heavy atom. The first kappa shape index (κ1) is 14.0. The highest BCUT2D eigenvalue weighted by Gasteiger charge is 2.21. The molecule has 0 saturated carbocycles. The van der Waals surface area contributed by atoms with Crippen LogP contribution in [0.5, 0.6) is 0 Å². The fourth-order valence-electron chi connectivity index (χ4n) is 2.67. The third-order valence-corrected chi connectivity index (χ3v) is 3.78. The molecule has 0 radical (unpaired) electrons. The van der Waals surface area contributed by atoms with Crippen molar-refractivity contribution in [2.75, 3.05) is 6.54 Å². The largest absolute Gasteiger partial charge is 0.469 e. The van der Waals surface area contributed by atoms with Crippen LogP contribution in [0, 0.1) is 13.8 Å². The lowest BCUT2D eigenvalue weighted by Gasteiger charge is -2.15. The van der Waals surface area contributed by atoms with Crippen LogP contribution in [0.15, 0.2) is 45.4 Å². The summed E-state index contributed by atoms with van der Waals surface area (Å²) < 4.78 is 11.5. The Labute approximate surface area is 124 Å². The Kier molecular flexibility index (Phi) is 3.84. The summed E-state index contributed by atoms with van der Waals surface area (Å²) in [5.74, 6) is 1.87. The molecule has 0 aliphatic rings. The summed E-state index contributed by atoms with van der Waals surface area (Å²) in [7, 11) is 0. The van der Waals surface area contributed by atoms with Gasteiger partial charge in [-0.25, -0.2) is 0 Å². The lowest BCUT2D eigenvalue weighted by molar-refractivity contribution is 0.459. The third-order valence-electron chi connectivity index (χ3n) is 3.78. The van der Waals surface area contributed by atoms with Gasteiger partial charge in [0.25, 0.3) is 0 Å². The molecule has 2 heterocycles. The van der Waals surface area contributed by atoms with Gasteiger partial charge in [0.15, 0.2) is 0 Å². The van der Waals surface area contributed by atoms with Crippen molar-refractivity contribution >= 4 is 11.0 Å². The molecule has 110 valence electrons. The standard InChI is InChI=1S/C18H21NO2/c1-4-8-19-18(15-7-9-20-13(15)3)17-11-14-10-12(2)5-6-16(14)21-17/h5-7,9-11,18-19H,4,8H2,1-3H3. The molecule has 3 rings (SSSR count). The molecule has 1 unspecified atom stereocenters. The lowest BCUT2D eigenvalue weighted by atomic mass is 10.0. The van der Waals surface area contributed by atoms with Crippen LogP contribution in [0.25, 0.3) is 11.0 Å². The first-order valence-electron chi connectivity index (χ1n) is 7.46. The van der Waals surface area contributed by atoms with E-state index in [9.17, 15) is 0 Å². The molecule has 0 aliphatic carbocycles. The Hall–Kier alpha value is -2.00. The van der Waals surface area contributed by atoms with Crippen LogP contribution in [-0.2, 0) is 0 Å². The minimum atomic E-state index is 0.0383. The van der Waals surface area contributed by atoms with E-state index in [0.29, 0.717) is 0 Å². The Morgan fingerprint density at radius 2 is 2.00 bits per heavy atom. The highest BCUT2D eigenvalue weighted by atomic mass is 16.3. The normalized spacial score (nSPS) is 12.9. The average Bonchev–Trinajstić information content (AvgIpc) is 3.06. The predicted octanol–water partition coefficient (Wildman–Crippen LogP) is 4.73. The molecule has 3 nitrogen and oxygen atoms in total. The molecule has 0 aliphatic heterocycles. The van der Waals surface area contributed by atoms with Gasteiger partial charge in [-0.2, -0.15) is 0 Å². The van der Waals surface area contributed by atoms with E-state index in [1.807, 2.05) is 19.1 Å². The van der Waals surface area contributed by atoms with E-state index in [2.05, 4.69) is 37.4 Å². The second-order valence-corrected chi connectivity index (χ2v) is 5.51. The molecule has 0 amide bonds. The van der Waals surface area contributed by atoms with Gasteiger partial charge in [-0.3, -0.25) is 0 Å². The molecule has 0 spiro atoms. The van der Waals surface area contributed by atoms with Gasteiger partial charge in [0.2, 0.25) is 0 Å². The smallest absolute Gasteiger partial charge is 0.134 e. The van der Waals surface area contributed by atoms with Crippen molar-refractivity contribution in [3.05, 3.63) is 59.2 Å². The molecule has 0 fully saturated rings. The number of rotatable bonds is 5. The summed E-state index contributed by atoms with van der Waals surface area (Å²) in [6, 6.07) is 10.4. The fourth-order valence-corrected chi connectivity index (χ4v) is 2.67. The zero-order chi connectivity index (χ0) is 14.8. The van der Waals surface area contributed by atoms with Crippen molar-refractivity contribution in [3.63, 3.8) is 0 Å². The number of hydrogen-bond donors (Lipinski definition) is 1. The van der Waals surface area contributed by atoms with Gasteiger partial charge >= 0.3 is 0 Å². The quantitative estimate of drug-likeness (QED) is 0.735. The molecule has 21 heavy (non-hydrogen) atoms. The summed E-state index contributed by atoms with van der Waals surface area (Å²) in [4.78, 5) is 0. The van der Waals surface area contributed by atoms with Crippen LogP contribution < -0.4 is 5.32 Å². The number of nitrogens with one attached hydrogen (secondary N) is 1. The van der Waals surface area contributed by atoms with E-state index >= 15 is 0 Å². The van der Waals surface area contributed by atoms with Crippen molar-refractivity contribution in [1.29, 1.82) is 0 Å². The van der Waals surface area contributed by atoms with Crippen LogP contribution >= 0.6 is 0 Å². The van der Waals surface area contributed by atoms with E-state index in [-0.39, 0.29) is 6.04 Å². The van der Waals surface area contributed by atoms with E-state index in [0.717, 1.165) is 41.0 Å².